The van der Waals surface area contributed by atoms with Gasteiger partial charge in [0.1, 0.15) is 0 Å². The highest BCUT2D eigenvalue weighted by Crippen LogP contribution is 2.08. The topological polar surface area (TPSA) is 63.4 Å². The van der Waals surface area contributed by atoms with Crippen molar-refractivity contribution in [3.63, 3.8) is 0 Å². The quantitative estimate of drug-likeness (QED) is 0.797. The fraction of sp³-hybridized carbons (Fsp3) is 1.00. The molecule has 1 rings (SSSR count). The minimum Gasteiger partial charge on any atom is -0.327 e. The normalized spacial score (nSPS) is 22.8. The van der Waals surface area contributed by atoms with Crippen molar-refractivity contribution >= 4 is 22.2 Å². The molecule has 0 amide bonds. The van der Waals surface area contributed by atoms with E-state index in [9.17, 15) is 8.42 Å². The molecule has 0 aromatic carbocycles. The molecule has 4 nitrogen and oxygen atoms in total. The van der Waals surface area contributed by atoms with E-state index in [4.69, 9.17) is 5.73 Å². The number of hydrogen-bond acceptors (Lipinski definition) is 4. The van der Waals surface area contributed by atoms with E-state index in [0.717, 1.165) is 25.9 Å². The average molecular weight is 271 g/mol. The molecule has 1 unspecified atom stereocenters. The zero-order chi connectivity index (χ0) is 11.3. The van der Waals surface area contributed by atoms with Crippen LogP contribution >= 0.6 is 12.4 Å². The molecule has 16 heavy (non-hydrogen) atoms. The van der Waals surface area contributed by atoms with Crippen LogP contribution in [-0.2, 0) is 9.84 Å². The summed E-state index contributed by atoms with van der Waals surface area (Å²) in [4.78, 5) is 2.17. The predicted octanol–water partition coefficient (Wildman–Crippen LogP) is 0.656. The van der Waals surface area contributed by atoms with Gasteiger partial charge in [-0.2, -0.15) is 0 Å². The zero-order valence-electron chi connectivity index (χ0n) is 9.89. The Bertz CT molecular complexity index is 283. The second-order valence-electron chi connectivity index (χ2n) is 4.35. The fourth-order valence-electron chi connectivity index (χ4n) is 1.98. The minimum atomic E-state index is -2.83. The maximum absolute atomic E-state index is 11.5. The van der Waals surface area contributed by atoms with E-state index < -0.39 is 9.84 Å². The van der Waals surface area contributed by atoms with E-state index in [-0.39, 0.29) is 24.2 Å². The first-order chi connectivity index (χ1) is 7.03. The molecule has 1 aliphatic rings. The van der Waals surface area contributed by atoms with Gasteiger partial charge in [-0.15, -0.1) is 12.4 Å². The van der Waals surface area contributed by atoms with E-state index >= 15 is 0 Å². The standard InChI is InChI=1S/C10H22N2O2S.ClH/c1-2-7-15(13,14)8-6-12-5-3-4-10(11)9-12;/h10H,2-9,11H2,1H3;1H. The van der Waals surface area contributed by atoms with Crippen LogP contribution < -0.4 is 5.73 Å². The van der Waals surface area contributed by atoms with Crippen LogP contribution in [0.2, 0.25) is 0 Å². The van der Waals surface area contributed by atoms with Gasteiger partial charge in [0, 0.05) is 24.9 Å². The van der Waals surface area contributed by atoms with Gasteiger partial charge in [0.05, 0.1) is 5.75 Å². The molecule has 6 heteroatoms. The highest BCUT2D eigenvalue weighted by atomic mass is 35.5. The smallest absolute Gasteiger partial charge is 0.151 e. The lowest BCUT2D eigenvalue weighted by molar-refractivity contribution is 0.220. The molecule has 0 spiro atoms. The van der Waals surface area contributed by atoms with Crippen molar-refractivity contribution in [1.82, 2.24) is 4.90 Å². The van der Waals surface area contributed by atoms with E-state index in [1.807, 2.05) is 6.92 Å². The van der Waals surface area contributed by atoms with Crippen LogP contribution in [0.4, 0.5) is 0 Å². The molecular formula is C10H23ClN2O2S. The van der Waals surface area contributed by atoms with Gasteiger partial charge in [-0.1, -0.05) is 6.92 Å². The number of halogens is 1. The van der Waals surface area contributed by atoms with Crippen molar-refractivity contribution in [2.45, 2.75) is 32.2 Å². The Balaban J connectivity index is 0.00000225. The molecule has 0 radical (unpaired) electrons. The Hall–Kier alpha value is 0.160. The number of nitrogens with two attached hydrogens (primary N) is 1. The molecule has 0 saturated carbocycles. The van der Waals surface area contributed by atoms with Crippen molar-refractivity contribution in [3.05, 3.63) is 0 Å². The minimum absolute atomic E-state index is 0. The Labute approximate surface area is 105 Å². The summed E-state index contributed by atoms with van der Waals surface area (Å²) in [5.74, 6) is 0.598. The van der Waals surface area contributed by atoms with E-state index in [1.54, 1.807) is 0 Å². The Morgan fingerprint density at radius 3 is 2.62 bits per heavy atom. The number of nitrogens with zero attached hydrogens (tertiary/aromatic N) is 1. The van der Waals surface area contributed by atoms with Crippen LogP contribution in [0.1, 0.15) is 26.2 Å². The maximum atomic E-state index is 11.5. The van der Waals surface area contributed by atoms with Gasteiger partial charge in [0.2, 0.25) is 0 Å². The monoisotopic (exact) mass is 270 g/mol. The molecule has 1 atom stereocenters. The first kappa shape index (κ1) is 16.2. The van der Waals surface area contributed by atoms with Gasteiger partial charge in [-0.05, 0) is 25.8 Å². The summed E-state index contributed by atoms with van der Waals surface area (Å²) >= 11 is 0. The van der Waals surface area contributed by atoms with Crippen LogP contribution in [0.3, 0.4) is 0 Å². The lowest BCUT2D eigenvalue weighted by Gasteiger charge is -2.30. The third kappa shape index (κ3) is 6.03. The first-order valence-electron chi connectivity index (χ1n) is 5.72. The van der Waals surface area contributed by atoms with Crippen molar-refractivity contribution in [3.8, 4) is 0 Å². The van der Waals surface area contributed by atoms with Crippen molar-refractivity contribution in [1.29, 1.82) is 0 Å². The Morgan fingerprint density at radius 2 is 2.06 bits per heavy atom. The molecular weight excluding hydrogens is 248 g/mol. The SMILES string of the molecule is CCCS(=O)(=O)CCN1CCCC(N)C1.Cl. The van der Waals surface area contributed by atoms with Crippen LogP contribution in [0, 0.1) is 0 Å². The van der Waals surface area contributed by atoms with Gasteiger partial charge in [0.25, 0.3) is 0 Å². The van der Waals surface area contributed by atoms with Crippen LogP contribution in [0.25, 0.3) is 0 Å². The van der Waals surface area contributed by atoms with Gasteiger partial charge in [0.15, 0.2) is 9.84 Å². The summed E-state index contributed by atoms with van der Waals surface area (Å²) < 4.78 is 23.0. The number of likely N-dealkylation sites (tertiary alicyclic amines) is 1. The number of sulfone groups is 1. The maximum Gasteiger partial charge on any atom is 0.151 e. The lowest BCUT2D eigenvalue weighted by atomic mass is 10.1. The molecule has 0 aliphatic carbocycles. The summed E-state index contributed by atoms with van der Waals surface area (Å²) in [6.45, 7) is 4.39. The van der Waals surface area contributed by atoms with Gasteiger partial charge in [-0.25, -0.2) is 8.42 Å². The first-order valence-corrected chi connectivity index (χ1v) is 7.54. The van der Waals surface area contributed by atoms with E-state index in [1.165, 1.54) is 0 Å². The molecule has 1 aliphatic heterocycles. The highest BCUT2D eigenvalue weighted by Gasteiger charge is 2.18. The van der Waals surface area contributed by atoms with Crippen LogP contribution in [0.5, 0.6) is 0 Å². The summed E-state index contributed by atoms with van der Waals surface area (Å²) in [5.41, 5.74) is 5.83. The van der Waals surface area contributed by atoms with E-state index in [0.29, 0.717) is 18.7 Å². The molecule has 98 valence electrons. The third-order valence-corrected chi connectivity index (χ3v) is 4.61. The molecule has 2 N–H and O–H groups in total. The largest absolute Gasteiger partial charge is 0.327 e. The second-order valence-corrected chi connectivity index (χ2v) is 6.66. The predicted molar refractivity (Wildman–Crippen MR) is 69.8 cm³/mol. The van der Waals surface area contributed by atoms with E-state index in [2.05, 4.69) is 4.90 Å². The number of hydrogen-bond donors (Lipinski definition) is 1. The van der Waals surface area contributed by atoms with Crippen molar-refractivity contribution < 1.29 is 8.42 Å². The molecule has 0 bridgehead atoms. The van der Waals surface area contributed by atoms with Gasteiger partial charge < -0.3 is 10.6 Å². The molecule has 1 heterocycles. The average Bonchev–Trinajstić information content (AvgIpc) is 2.15. The van der Waals surface area contributed by atoms with Crippen LogP contribution in [0.15, 0.2) is 0 Å². The second kappa shape index (κ2) is 7.48. The number of piperidine rings is 1. The number of rotatable bonds is 5. The third-order valence-electron chi connectivity index (χ3n) is 2.78. The molecule has 1 saturated heterocycles. The summed E-state index contributed by atoms with van der Waals surface area (Å²) in [5, 5.41) is 0. The fourth-order valence-corrected chi connectivity index (χ4v) is 3.34. The van der Waals surface area contributed by atoms with Crippen LogP contribution in [-0.4, -0.2) is 50.5 Å². The highest BCUT2D eigenvalue weighted by molar-refractivity contribution is 7.91. The Morgan fingerprint density at radius 1 is 1.38 bits per heavy atom. The zero-order valence-corrected chi connectivity index (χ0v) is 11.5. The molecule has 1 fully saturated rings. The molecule has 0 aromatic rings. The summed E-state index contributed by atoms with van der Waals surface area (Å²) in [6, 6.07) is 0.229. The summed E-state index contributed by atoms with van der Waals surface area (Å²) in [7, 11) is -2.83. The lowest BCUT2D eigenvalue weighted by Crippen LogP contribution is -2.44. The van der Waals surface area contributed by atoms with Crippen molar-refractivity contribution in [2.75, 3.05) is 31.1 Å². The van der Waals surface area contributed by atoms with Crippen molar-refractivity contribution in [2.24, 2.45) is 5.73 Å². The Kier molecular flexibility index (Phi) is 7.55. The van der Waals surface area contributed by atoms with Gasteiger partial charge >= 0.3 is 0 Å². The summed E-state index contributed by atoms with van der Waals surface area (Å²) in [6.07, 6.45) is 2.87. The molecule has 0 aromatic heterocycles. The van der Waals surface area contributed by atoms with Gasteiger partial charge in [-0.3, -0.25) is 0 Å².